The van der Waals surface area contributed by atoms with Crippen LogP contribution in [0.4, 0.5) is 5.69 Å². The molecule has 0 bridgehead atoms. The van der Waals surface area contributed by atoms with Crippen LogP contribution in [-0.2, 0) is 21.8 Å². The number of nitrogens with zero attached hydrogens (tertiary/aromatic N) is 1. The molecule has 148 valence electrons. The van der Waals surface area contributed by atoms with Crippen LogP contribution >= 0.6 is 0 Å². The number of aromatic nitrogens is 1. The molecule has 27 heavy (non-hydrogen) atoms. The normalized spacial score (nSPS) is 11.2. The fourth-order valence-corrected chi connectivity index (χ4v) is 4.50. The van der Waals surface area contributed by atoms with E-state index >= 15 is 0 Å². The molecule has 2 aromatic rings. The summed E-state index contributed by atoms with van der Waals surface area (Å²) in [5, 5.41) is 0. The summed E-state index contributed by atoms with van der Waals surface area (Å²) in [4.78, 5) is 12.3. The lowest BCUT2D eigenvalue weighted by Gasteiger charge is -2.13. The van der Waals surface area contributed by atoms with Crippen LogP contribution in [0.2, 0.25) is 0 Å². The van der Waals surface area contributed by atoms with Crippen molar-refractivity contribution in [2.75, 3.05) is 25.5 Å². The van der Waals surface area contributed by atoms with Gasteiger partial charge in [-0.15, -0.1) is 0 Å². The number of anilines is 1. The summed E-state index contributed by atoms with van der Waals surface area (Å²) in [6.45, 7) is 5.10. The van der Waals surface area contributed by atoms with Crippen LogP contribution in [0.5, 0.6) is 11.5 Å². The highest BCUT2D eigenvalue weighted by molar-refractivity contribution is 7.92. The summed E-state index contributed by atoms with van der Waals surface area (Å²) in [5.74, 6) is 0.249. The second-order valence-electron chi connectivity index (χ2n) is 5.84. The van der Waals surface area contributed by atoms with Gasteiger partial charge in [0.05, 0.1) is 26.5 Å². The molecule has 0 saturated carbocycles. The van der Waals surface area contributed by atoms with Gasteiger partial charge in [0.2, 0.25) is 0 Å². The monoisotopic (exact) mass is 396 g/mol. The number of benzene rings is 1. The van der Waals surface area contributed by atoms with Crippen molar-refractivity contribution >= 4 is 21.7 Å². The first kappa shape index (κ1) is 20.6. The highest BCUT2D eigenvalue weighted by Gasteiger charge is 2.30. The molecule has 2 rings (SSSR count). The van der Waals surface area contributed by atoms with Crippen molar-refractivity contribution in [1.29, 1.82) is 0 Å². The highest BCUT2D eigenvalue weighted by atomic mass is 32.2. The molecule has 0 radical (unpaired) electrons. The molecule has 0 amide bonds. The number of hydrogen-bond acceptors (Lipinski definition) is 6. The van der Waals surface area contributed by atoms with Gasteiger partial charge >= 0.3 is 5.97 Å². The van der Waals surface area contributed by atoms with E-state index in [4.69, 9.17) is 14.2 Å². The van der Waals surface area contributed by atoms with Gasteiger partial charge in [0, 0.05) is 24.4 Å². The molecule has 0 fully saturated rings. The number of carbonyl (C=O) groups excluding carboxylic acids is 1. The van der Waals surface area contributed by atoms with Crippen LogP contribution in [0.15, 0.2) is 23.1 Å². The number of nitrogens with one attached hydrogen (secondary N) is 1. The van der Waals surface area contributed by atoms with Crippen LogP contribution in [0, 0.1) is 13.8 Å². The number of esters is 1. The second kappa shape index (κ2) is 7.91. The van der Waals surface area contributed by atoms with Gasteiger partial charge in [-0.1, -0.05) is 0 Å². The molecule has 0 saturated heterocycles. The highest BCUT2D eigenvalue weighted by Crippen LogP contribution is 2.33. The van der Waals surface area contributed by atoms with Gasteiger partial charge in [-0.25, -0.2) is 13.2 Å². The Kier molecular flexibility index (Phi) is 6.04. The number of methoxy groups -OCH3 is 2. The Morgan fingerprint density at radius 1 is 1.19 bits per heavy atom. The smallest absolute Gasteiger partial charge is 0.355 e. The van der Waals surface area contributed by atoms with Crippen molar-refractivity contribution < 1.29 is 27.4 Å². The molecule has 0 atom stereocenters. The number of rotatable bonds is 7. The Balaban J connectivity index is 2.56. The zero-order valence-electron chi connectivity index (χ0n) is 16.2. The van der Waals surface area contributed by atoms with Crippen LogP contribution < -0.4 is 14.2 Å². The molecular formula is C18H24N2O6S. The lowest BCUT2D eigenvalue weighted by Crippen LogP contribution is -2.15. The van der Waals surface area contributed by atoms with Gasteiger partial charge in [-0.05, 0) is 32.9 Å². The van der Waals surface area contributed by atoms with Crippen molar-refractivity contribution in [3.05, 3.63) is 35.2 Å². The largest absolute Gasteiger partial charge is 0.497 e. The minimum Gasteiger partial charge on any atom is -0.497 e. The zero-order valence-corrected chi connectivity index (χ0v) is 17.1. The summed E-state index contributed by atoms with van der Waals surface area (Å²) >= 11 is 0. The maximum atomic E-state index is 13.1. The van der Waals surface area contributed by atoms with Gasteiger partial charge in [0.15, 0.2) is 0 Å². The van der Waals surface area contributed by atoms with Crippen LogP contribution in [0.3, 0.4) is 0 Å². The average molecular weight is 396 g/mol. The fourth-order valence-electron chi connectivity index (χ4n) is 2.93. The molecule has 1 N–H and O–H groups in total. The van der Waals surface area contributed by atoms with Gasteiger partial charge in [-0.2, -0.15) is 0 Å². The van der Waals surface area contributed by atoms with E-state index in [0.29, 0.717) is 22.8 Å². The molecule has 9 heteroatoms. The third-order valence-corrected chi connectivity index (χ3v) is 5.88. The van der Waals surface area contributed by atoms with Crippen molar-refractivity contribution in [2.24, 2.45) is 7.05 Å². The van der Waals surface area contributed by atoms with Crippen LogP contribution in [0.1, 0.15) is 28.7 Å². The molecule has 0 aliphatic heterocycles. The van der Waals surface area contributed by atoms with E-state index in [1.807, 2.05) is 0 Å². The van der Waals surface area contributed by atoms with Crippen molar-refractivity contribution in [3.8, 4) is 11.5 Å². The summed E-state index contributed by atoms with van der Waals surface area (Å²) in [6, 6.07) is 4.79. The third kappa shape index (κ3) is 3.87. The molecular weight excluding hydrogens is 372 g/mol. The first-order chi connectivity index (χ1) is 12.7. The molecule has 0 spiro atoms. The van der Waals surface area contributed by atoms with Crippen molar-refractivity contribution in [1.82, 2.24) is 4.57 Å². The van der Waals surface area contributed by atoms with E-state index in [1.54, 1.807) is 40.0 Å². The molecule has 1 aromatic carbocycles. The van der Waals surface area contributed by atoms with E-state index in [9.17, 15) is 13.2 Å². The van der Waals surface area contributed by atoms with Gasteiger partial charge in [0.25, 0.3) is 10.0 Å². The summed E-state index contributed by atoms with van der Waals surface area (Å²) in [7, 11) is 0.553. The van der Waals surface area contributed by atoms with E-state index in [1.165, 1.54) is 24.9 Å². The Morgan fingerprint density at radius 3 is 2.41 bits per heavy atom. The number of hydrogen-bond donors (Lipinski definition) is 1. The lowest BCUT2D eigenvalue weighted by molar-refractivity contribution is 0.0514. The predicted molar refractivity (Wildman–Crippen MR) is 101 cm³/mol. The Hall–Kier alpha value is -2.68. The number of carbonyl (C=O) groups is 1. The third-order valence-electron chi connectivity index (χ3n) is 4.25. The zero-order chi connectivity index (χ0) is 20.4. The van der Waals surface area contributed by atoms with Crippen LogP contribution in [-0.4, -0.2) is 39.8 Å². The molecule has 0 unspecified atom stereocenters. The Bertz CT molecular complexity index is 963. The summed E-state index contributed by atoms with van der Waals surface area (Å²) in [6.07, 6.45) is 0. The number of ether oxygens (including phenoxy) is 3. The van der Waals surface area contributed by atoms with Crippen LogP contribution in [0.25, 0.3) is 0 Å². The molecule has 0 aliphatic rings. The maximum Gasteiger partial charge on any atom is 0.355 e. The predicted octanol–water partition coefficient (Wildman–Crippen LogP) is 2.64. The van der Waals surface area contributed by atoms with Crippen molar-refractivity contribution in [3.63, 3.8) is 0 Å². The quantitative estimate of drug-likeness (QED) is 0.723. The first-order valence-corrected chi connectivity index (χ1v) is 9.74. The SMILES string of the molecule is CCOC(=O)c1c(C)c(S(=O)(=O)Nc2cc(OC)ccc2OC)c(C)n1C. The van der Waals surface area contributed by atoms with Gasteiger partial charge in [0.1, 0.15) is 22.1 Å². The molecule has 1 heterocycles. The first-order valence-electron chi connectivity index (χ1n) is 8.25. The molecule has 8 nitrogen and oxygen atoms in total. The minimum absolute atomic E-state index is 0.0259. The van der Waals surface area contributed by atoms with Crippen molar-refractivity contribution in [2.45, 2.75) is 25.7 Å². The van der Waals surface area contributed by atoms with E-state index in [-0.39, 0.29) is 22.9 Å². The Labute approximate surface area is 159 Å². The van der Waals surface area contributed by atoms with Gasteiger partial charge in [-0.3, -0.25) is 4.72 Å². The molecule has 1 aromatic heterocycles. The summed E-state index contributed by atoms with van der Waals surface area (Å²) < 4.78 is 45.6. The van der Waals surface area contributed by atoms with E-state index < -0.39 is 16.0 Å². The lowest BCUT2D eigenvalue weighted by atomic mass is 10.2. The van der Waals surface area contributed by atoms with Gasteiger partial charge < -0.3 is 18.8 Å². The van der Waals surface area contributed by atoms with E-state index in [0.717, 1.165) is 0 Å². The second-order valence-corrected chi connectivity index (χ2v) is 7.46. The summed E-state index contributed by atoms with van der Waals surface area (Å²) in [5.41, 5.74) is 1.18. The average Bonchev–Trinajstić information content (AvgIpc) is 2.84. The fraction of sp³-hybridized carbons (Fsp3) is 0.389. The maximum absolute atomic E-state index is 13.1. The topological polar surface area (TPSA) is 95.9 Å². The molecule has 0 aliphatic carbocycles. The minimum atomic E-state index is -4.00. The standard InChI is InChI=1S/C18H24N2O6S/c1-7-26-18(21)16-11(2)17(12(3)20(16)4)27(22,23)19-14-10-13(24-5)8-9-15(14)25-6/h8-10,19H,7H2,1-6H3. The number of sulfonamides is 1. The Morgan fingerprint density at radius 2 is 1.85 bits per heavy atom. The van der Waals surface area contributed by atoms with E-state index in [2.05, 4.69) is 4.72 Å².